The van der Waals surface area contributed by atoms with Crippen molar-refractivity contribution in [1.82, 2.24) is 10.6 Å². The molecule has 0 saturated carbocycles. The van der Waals surface area contributed by atoms with Crippen molar-refractivity contribution in [2.45, 2.75) is 0 Å². The SMILES string of the molecule is C1CNCCN1.NS(=O)(=O)O.NS(=O)(=O)O. The lowest BCUT2D eigenvalue weighted by Crippen LogP contribution is -2.39. The Labute approximate surface area is 94.1 Å². The molecular formula is C4H16N4O6S2. The summed E-state index contributed by atoms with van der Waals surface area (Å²) in [6, 6.07) is 0. The Hall–Kier alpha value is -0.340. The summed E-state index contributed by atoms with van der Waals surface area (Å²) in [7, 11) is -8.33. The molecule has 1 aliphatic rings. The van der Waals surface area contributed by atoms with Crippen LogP contribution in [0.3, 0.4) is 0 Å². The first kappa shape index (κ1) is 18.0. The summed E-state index contributed by atoms with van der Waals surface area (Å²) in [4.78, 5) is 0. The Kier molecular flexibility index (Phi) is 9.89. The standard InChI is InChI=1S/C4H10N2.2H3NO3S/c1-2-6-4-3-5-1;2*1-5(2,3)4/h5-6H,1-4H2;2*(H3,1,2,3,4). The van der Waals surface area contributed by atoms with Crippen LogP contribution in [0.1, 0.15) is 0 Å². The average molecular weight is 280 g/mol. The second kappa shape index (κ2) is 8.77. The molecule has 0 amide bonds. The van der Waals surface area contributed by atoms with E-state index in [1.54, 1.807) is 0 Å². The molecule has 0 atom stereocenters. The average Bonchev–Trinajstić information content (AvgIpc) is 2.01. The van der Waals surface area contributed by atoms with E-state index in [1.807, 2.05) is 0 Å². The zero-order valence-corrected chi connectivity index (χ0v) is 9.96. The van der Waals surface area contributed by atoms with Crippen molar-refractivity contribution in [1.29, 1.82) is 0 Å². The van der Waals surface area contributed by atoms with Crippen LogP contribution in [0.4, 0.5) is 0 Å². The molecule has 0 spiro atoms. The van der Waals surface area contributed by atoms with Gasteiger partial charge in [-0.2, -0.15) is 16.8 Å². The molecule has 1 heterocycles. The molecule has 0 aromatic rings. The number of nitrogens with two attached hydrogens (primary N) is 2. The summed E-state index contributed by atoms with van der Waals surface area (Å²) in [6.45, 7) is 4.56. The highest BCUT2D eigenvalue weighted by Gasteiger charge is 1.91. The zero-order valence-electron chi connectivity index (χ0n) is 8.33. The van der Waals surface area contributed by atoms with Gasteiger partial charge in [0.1, 0.15) is 0 Å². The molecule has 1 aliphatic heterocycles. The Bertz CT molecular complexity index is 289. The highest BCUT2D eigenvalue weighted by atomic mass is 32.2. The van der Waals surface area contributed by atoms with Crippen LogP contribution in [0.15, 0.2) is 0 Å². The first-order chi connectivity index (χ1) is 7.00. The van der Waals surface area contributed by atoms with E-state index in [4.69, 9.17) is 25.9 Å². The predicted octanol–water partition coefficient (Wildman–Crippen LogP) is -3.32. The molecule has 1 rings (SSSR count). The lowest BCUT2D eigenvalue weighted by Gasteiger charge is -2.11. The molecule has 10 nitrogen and oxygen atoms in total. The van der Waals surface area contributed by atoms with Crippen molar-refractivity contribution >= 4 is 20.6 Å². The summed E-state index contributed by atoms with van der Waals surface area (Å²) < 4.78 is 50.4. The van der Waals surface area contributed by atoms with Gasteiger partial charge < -0.3 is 10.6 Å². The van der Waals surface area contributed by atoms with E-state index in [-0.39, 0.29) is 0 Å². The maximum absolute atomic E-state index is 8.97. The minimum Gasteiger partial charge on any atom is -0.314 e. The van der Waals surface area contributed by atoms with Gasteiger partial charge in [0.05, 0.1) is 0 Å². The first-order valence-electron chi connectivity index (χ1n) is 3.92. The Morgan fingerprint density at radius 2 is 0.875 bits per heavy atom. The summed E-state index contributed by atoms with van der Waals surface area (Å²) in [5.74, 6) is 0. The van der Waals surface area contributed by atoms with Crippen molar-refractivity contribution < 1.29 is 25.9 Å². The van der Waals surface area contributed by atoms with Crippen LogP contribution in [-0.2, 0) is 20.6 Å². The van der Waals surface area contributed by atoms with Crippen molar-refractivity contribution in [3.63, 3.8) is 0 Å². The maximum Gasteiger partial charge on any atom is 0.330 e. The van der Waals surface area contributed by atoms with E-state index in [9.17, 15) is 0 Å². The van der Waals surface area contributed by atoms with E-state index in [0.717, 1.165) is 26.2 Å². The summed E-state index contributed by atoms with van der Waals surface area (Å²) in [5.41, 5.74) is 0. The molecule has 1 fully saturated rings. The van der Waals surface area contributed by atoms with Crippen molar-refractivity contribution in [2.75, 3.05) is 26.2 Å². The first-order valence-corrected chi connectivity index (χ1v) is 6.92. The van der Waals surface area contributed by atoms with Gasteiger partial charge in [0.25, 0.3) is 0 Å². The number of piperazine rings is 1. The van der Waals surface area contributed by atoms with Crippen LogP contribution >= 0.6 is 0 Å². The van der Waals surface area contributed by atoms with E-state index in [2.05, 4.69) is 20.9 Å². The van der Waals surface area contributed by atoms with Crippen molar-refractivity contribution in [3.8, 4) is 0 Å². The van der Waals surface area contributed by atoms with Crippen LogP contribution in [-0.4, -0.2) is 52.1 Å². The highest BCUT2D eigenvalue weighted by molar-refractivity contribution is 7.83. The molecule has 100 valence electrons. The van der Waals surface area contributed by atoms with Gasteiger partial charge >= 0.3 is 20.6 Å². The minimum atomic E-state index is -4.17. The molecule has 0 aromatic heterocycles. The van der Waals surface area contributed by atoms with Gasteiger partial charge in [-0.3, -0.25) is 9.11 Å². The monoisotopic (exact) mass is 280 g/mol. The highest BCUT2D eigenvalue weighted by Crippen LogP contribution is 1.65. The molecule has 0 radical (unpaired) electrons. The third-order valence-electron chi connectivity index (χ3n) is 0.957. The smallest absolute Gasteiger partial charge is 0.314 e. The number of rotatable bonds is 0. The fourth-order valence-electron chi connectivity index (χ4n) is 0.604. The largest absolute Gasteiger partial charge is 0.330 e. The minimum absolute atomic E-state index is 1.14. The molecule has 1 saturated heterocycles. The molecular weight excluding hydrogens is 264 g/mol. The molecule has 12 heteroatoms. The van der Waals surface area contributed by atoms with E-state index in [1.165, 1.54) is 0 Å². The molecule has 0 bridgehead atoms. The number of nitrogens with one attached hydrogen (secondary N) is 2. The van der Waals surface area contributed by atoms with Crippen LogP contribution < -0.4 is 20.9 Å². The third-order valence-corrected chi connectivity index (χ3v) is 0.957. The lowest BCUT2D eigenvalue weighted by molar-refractivity contribution is 0.482. The number of hydrogen-bond donors (Lipinski definition) is 6. The van der Waals surface area contributed by atoms with Gasteiger partial charge in [-0.15, -0.1) is 0 Å². The fourth-order valence-corrected chi connectivity index (χ4v) is 0.604. The zero-order chi connectivity index (χ0) is 13.2. The van der Waals surface area contributed by atoms with Gasteiger partial charge in [-0.1, -0.05) is 0 Å². The topological polar surface area (TPSA) is 185 Å². The summed E-state index contributed by atoms with van der Waals surface area (Å²) in [5, 5.41) is 14.2. The molecule has 0 aromatic carbocycles. The quantitative estimate of drug-likeness (QED) is 0.249. The summed E-state index contributed by atoms with van der Waals surface area (Å²) >= 11 is 0. The van der Waals surface area contributed by atoms with E-state index in [0.29, 0.717) is 0 Å². The van der Waals surface area contributed by atoms with Gasteiger partial charge in [0.15, 0.2) is 0 Å². The Balaban J connectivity index is 0. The normalized spacial score (nSPS) is 16.2. The second-order valence-electron chi connectivity index (χ2n) is 2.53. The molecule has 8 N–H and O–H groups in total. The van der Waals surface area contributed by atoms with Crippen molar-refractivity contribution in [3.05, 3.63) is 0 Å². The predicted molar refractivity (Wildman–Crippen MR) is 57.2 cm³/mol. The van der Waals surface area contributed by atoms with E-state index >= 15 is 0 Å². The Morgan fingerprint density at radius 1 is 0.750 bits per heavy atom. The van der Waals surface area contributed by atoms with Crippen molar-refractivity contribution in [2.24, 2.45) is 10.3 Å². The van der Waals surface area contributed by atoms with Gasteiger partial charge in [0.2, 0.25) is 0 Å². The van der Waals surface area contributed by atoms with Gasteiger partial charge in [0, 0.05) is 26.2 Å². The molecule has 16 heavy (non-hydrogen) atoms. The third kappa shape index (κ3) is 68.3. The maximum atomic E-state index is 8.97. The second-order valence-corrected chi connectivity index (χ2v) is 4.59. The molecule has 0 aliphatic carbocycles. The van der Waals surface area contributed by atoms with Crippen LogP contribution in [0.2, 0.25) is 0 Å². The van der Waals surface area contributed by atoms with Crippen LogP contribution in [0, 0.1) is 0 Å². The van der Waals surface area contributed by atoms with Gasteiger partial charge in [-0.25, -0.2) is 10.3 Å². The lowest BCUT2D eigenvalue weighted by atomic mass is 10.4. The van der Waals surface area contributed by atoms with Crippen LogP contribution in [0.25, 0.3) is 0 Å². The summed E-state index contributed by atoms with van der Waals surface area (Å²) in [6.07, 6.45) is 0. The van der Waals surface area contributed by atoms with Gasteiger partial charge in [-0.05, 0) is 0 Å². The van der Waals surface area contributed by atoms with E-state index < -0.39 is 20.6 Å². The fraction of sp³-hybridized carbons (Fsp3) is 1.00. The Morgan fingerprint density at radius 3 is 0.938 bits per heavy atom. The molecule has 0 unspecified atom stereocenters. The van der Waals surface area contributed by atoms with Crippen LogP contribution in [0.5, 0.6) is 0 Å². The number of hydrogen-bond acceptors (Lipinski definition) is 6.